The summed E-state index contributed by atoms with van der Waals surface area (Å²) in [5, 5.41) is 28.6. The largest absolute Gasteiger partial charge is 0.506 e. The van der Waals surface area contributed by atoms with Crippen LogP contribution in [0.15, 0.2) is 54.2 Å². The van der Waals surface area contributed by atoms with E-state index in [1.54, 1.807) is 6.07 Å². The van der Waals surface area contributed by atoms with Gasteiger partial charge >= 0.3 is 18.3 Å². The van der Waals surface area contributed by atoms with E-state index in [4.69, 9.17) is 10.4 Å². The zero-order valence-corrected chi connectivity index (χ0v) is 15.8. The third kappa shape index (κ3) is 4.39. The molecule has 2 aromatic carbocycles. The summed E-state index contributed by atoms with van der Waals surface area (Å²) in [6.45, 7) is -0.449. The highest BCUT2D eigenvalue weighted by Gasteiger charge is 2.37. The maximum absolute atomic E-state index is 13.1. The number of rotatable bonds is 4. The second-order valence-electron chi connectivity index (χ2n) is 6.74. The molecule has 11 heteroatoms. The number of para-hydroxylation sites is 1. The lowest BCUT2D eigenvalue weighted by atomic mass is 10.0. The Morgan fingerprint density at radius 1 is 0.969 bits per heavy atom. The average molecular weight is 454 g/mol. The lowest BCUT2D eigenvalue weighted by Gasteiger charge is -2.15. The molecule has 0 fully saturated rings. The van der Waals surface area contributed by atoms with Crippen molar-refractivity contribution in [3.05, 3.63) is 76.5 Å². The fraction of sp³-hybridized carbons (Fsp3) is 0.143. The quantitative estimate of drug-likeness (QED) is 0.232. The highest BCUT2D eigenvalue weighted by Crippen LogP contribution is 2.37. The number of carboxylic acid groups (broad SMARTS) is 1. The van der Waals surface area contributed by atoms with Gasteiger partial charge in [0.15, 0.2) is 5.57 Å². The van der Waals surface area contributed by atoms with Crippen molar-refractivity contribution in [2.45, 2.75) is 18.9 Å². The number of nitriles is 1. The molecule has 0 bridgehead atoms. The molecular weight excluding hydrogens is 442 g/mol. The maximum atomic E-state index is 13.1. The lowest BCUT2D eigenvalue weighted by molar-refractivity contribution is -0.143. The number of carboxylic acids is 1. The van der Waals surface area contributed by atoms with Gasteiger partial charge in [-0.25, -0.2) is 4.79 Å². The number of alkyl halides is 6. The van der Waals surface area contributed by atoms with E-state index in [1.807, 2.05) is 0 Å². The van der Waals surface area contributed by atoms with E-state index in [9.17, 15) is 36.2 Å². The first-order chi connectivity index (χ1) is 14.8. The van der Waals surface area contributed by atoms with Crippen molar-refractivity contribution in [2.75, 3.05) is 0 Å². The molecule has 1 heterocycles. The molecule has 0 spiro atoms. The average Bonchev–Trinajstić information content (AvgIpc) is 3.05. The van der Waals surface area contributed by atoms with Crippen LogP contribution >= 0.6 is 0 Å². The second-order valence-corrected chi connectivity index (χ2v) is 6.74. The minimum Gasteiger partial charge on any atom is -0.506 e. The standard InChI is InChI=1S/C21H12F6N2O3/c22-20(23,24)12-5-11(6-13(7-12)21(25,26)27)9-29-10-16(14-3-1-2-4-17(14)29)18(30)15(8-28)19(31)32/h1-7,10,30H,9H2,(H,31,32)/b18-15-. The summed E-state index contributed by atoms with van der Waals surface area (Å²) in [7, 11) is 0. The molecule has 2 N–H and O–H groups in total. The number of aromatic nitrogens is 1. The number of aliphatic carboxylic acids is 1. The number of hydrogen-bond donors (Lipinski definition) is 2. The minimum atomic E-state index is -5.01. The minimum absolute atomic E-state index is 0.0172. The van der Waals surface area contributed by atoms with Gasteiger partial charge in [0.2, 0.25) is 0 Å². The second kappa shape index (κ2) is 7.96. The molecule has 0 saturated carbocycles. The van der Waals surface area contributed by atoms with Gasteiger partial charge in [-0.2, -0.15) is 31.6 Å². The molecule has 5 nitrogen and oxygen atoms in total. The van der Waals surface area contributed by atoms with Gasteiger partial charge in [-0.1, -0.05) is 18.2 Å². The number of halogens is 6. The van der Waals surface area contributed by atoms with Crippen molar-refractivity contribution in [2.24, 2.45) is 0 Å². The molecular formula is C21H12F6N2O3. The molecule has 0 radical (unpaired) electrons. The van der Waals surface area contributed by atoms with Gasteiger partial charge in [-0.15, -0.1) is 0 Å². The molecule has 0 amide bonds. The number of fused-ring (bicyclic) bond motifs is 1. The Morgan fingerprint density at radius 2 is 1.53 bits per heavy atom. The highest BCUT2D eigenvalue weighted by molar-refractivity contribution is 6.02. The van der Waals surface area contributed by atoms with Gasteiger partial charge in [0.05, 0.1) is 11.1 Å². The Hall–Kier alpha value is -3.94. The summed E-state index contributed by atoms with van der Waals surface area (Å²) in [5.41, 5.74) is -4.04. The fourth-order valence-electron chi connectivity index (χ4n) is 3.21. The van der Waals surface area contributed by atoms with Crippen LogP contribution in [-0.4, -0.2) is 20.7 Å². The van der Waals surface area contributed by atoms with Crippen LogP contribution in [0.1, 0.15) is 22.3 Å². The number of aliphatic hydroxyl groups is 1. The first kappa shape index (κ1) is 22.7. The highest BCUT2D eigenvalue weighted by atomic mass is 19.4. The van der Waals surface area contributed by atoms with Gasteiger partial charge in [0.25, 0.3) is 0 Å². The summed E-state index contributed by atoms with van der Waals surface area (Å²) >= 11 is 0. The maximum Gasteiger partial charge on any atom is 0.416 e. The molecule has 0 aliphatic heterocycles. The van der Waals surface area contributed by atoms with Crippen molar-refractivity contribution < 1.29 is 41.4 Å². The van der Waals surface area contributed by atoms with E-state index < -0.39 is 47.3 Å². The molecule has 3 aromatic rings. The monoisotopic (exact) mass is 454 g/mol. The van der Waals surface area contributed by atoms with Crippen LogP contribution in [0.5, 0.6) is 0 Å². The Labute approximate surface area is 176 Å². The SMILES string of the molecule is N#C/C(C(=O)O)=C(/O)c1cn(Cc2cc(C(F)(F)F)cc(C(F)(F)F)c2)c2ccccc12. The molecule has 1 aromatic heterocycles. The van der Waals surface area contributed by atoms with E-state index >= 15 is 0 Å². The summed E-state index contributed by atoms with van der Waals surface area (Å²) in [4.78, 5) is 11.2. The van der Waals surface area contributed by atoms with E-state index in [0.717, 1.165) is 6.20 Å². The van der Waals surface area contributed by atoms with Crippen molar-refractivity contribution >= 4 is 22.6 Å². The molecule has 0 atom stereocenters. The van der Waals surface area contributed by atoms with Crippen LogP contribution < -0.4 is 0 Å². The number of hydrogen-bond acceptors (Lipinski definition) is 3. The van der Waals surface area contributed by atoms with Crippen LogP contribution in [0.4, 0.5) is 26.3 Å². The predicted molar refractivity (Wildman–Crippen MR) is 100 cm³/mol. The van der Waals surface area contributed by atoms with Crippen LogP contribution in [0.3, 0.4) is 0 Å². The predicted octanol–water partition coefficient (Wildman–Crippen LogP) is 5.60. The molecule has 0 aliphatic carbocycles. The molecule has 0 saturated heterocycles. The van der Waals surface area contributed by atoms with Crippen molar-refractivity contribution in [1.82, 2.24) is 4.57 Å². The Balaban J connectivity index is 2.20. The number of carbonyl (C=O) groups is 1. The molecule has 0 unspecified atom stereocenters. The van der Waals surface area contributed by atoms with Crippen LogP contribution in [0, 0.1) is 11.3 Å². The first-order valence-corrected chi connectivity index (χ1v) is 8.76. The lowest BCUT2D eigenvalue weighted by Crippen LogP contribution is -2.12. The molecule has 32 heavy (non-hydrogen) atoms. The zero-order valence-electron chi connectivity index (χ0n) is 15.8. The Morgan fingerprint density at radius 3 is 2.03 bits per heavy atom. The van der Waals surface area contributed by atoms with Gasteiger partial charge in [-0.3, -0.25) is 0 Å². The third-order valence-corrected chi connectivity index (χ3v) is 4.61. The van der Waals surface area contributed by atoms with Crippen molar-refractivity contribution in [3.63, 3.8) is 0 Å². The molecule has 166 valence electrons. The number of nitrogens with zero attached hydrogens (tertiary/aromatic N) is 2. The normalized spacial score (nSPS) is 13.0. The Kier molecular flexibility index (Phi) is 5.65. The Bertz CT molecular complexity index is 1250. The third-order valence-electron chi connectivity index (χ3n) is 4.61. The zero-order chi connectivity index (χ0) is 23.8. The van der Waals surface area contributed by atoms with Crippen LogP contribution in [0.2, 0.25) is 0 Å². The topological polar surface area (TPSA) is 86.2 Å². The molecule has 0 aliphatic rings. The smallest absolute Gasteiger partial charge is 0.416 e. The van der Waals surface area contributed by atoms with Gasteiger partial charge in [0, 0.05) is 29.2 Å². The van der Waals surface area contributed by atoms with Gasteiger partial charge < -0.3 is 14.8 Å². The van der Waals surface area contributed by atoms with Crippen LogP contribution in [-0.2, 0) is 23.7 Å². The summed E-state index contributed by atoms with van der Waals surface area (Å²) < 4.78 is 80.1. The van der Waals surface area contributed by atoms with Crippen molar-refractivity contribution in [1.29, 1.82) is 5.26 Å². The van der Waals surface area contributed by atoms with Gasteiger partial charge in [-0.05, 0) is 29.8 Å². The summed E-state index contributed by atoms with van der Waals surface area (Å²) in [6, 6.07) is 8.53. The summed E-state index contributed by atoms with van der Waals surface area (Å²) in [6.07, 6.45) is -8.86. The van der Waals surface area contributed by atoms with Crippen molar-refractivity contribution in [3.8, 4) is 6.07 Å². The number of aliphatic hydroxyl groups excluding tert-OH is 1. The van der Waals surface area contributed by atoms with E-state index in [0.29, 0.717) is 17.6 Å². The fourth-order valence-corrected chi connectivity index (χ4v) is 3.21. The van der Waals surface area contributed by atoms with Gasteiger partial charge in [0.1, 0.15) is 11.8 Å². The first-order valence-electron chi connectivity index (χ1n) is 8.76. The van der Waals surface area contributed by atoms with E-state index in [-0.39, 0.29) is 22.6 Å². The number of benzene rings is 2. The van der Waals surface area contributed by atoms with E-state index in [1.165, 1.54) is 28.8 Å². The van der Waals surface area contributed by atoms with E-state index in [2.05, 4.69) is 0 Å². The molecule has 3 rings (SSSR count). The summed E-state index contributed by atoms with van der Waals surface area (Å²) in [5.74, 6) is -2.58. The van der Waals surface area contributed by atoms with Crippen LogP contribution in [0.25, 0.3) is 16.7 Å².